The molecule has 0 aliphatic heterocycles. The second kappa shape index (κ2) is 5.27. The van der Waals surface area contributed by atoms with E-state index in [-0.39, 0.29) is 5.60 Å². The largest absolute Gasteiger partial charge is 0.370 e. The Morgan fingerprint density at radius 3 is 2.24 bits per heavy atom. The first-order chi connectivity index (χ1) is 8.36. The average Bonchev–Trinajstić information content (AvgIpc) is 3.06. The van der Waals surface area contributed by atoms with Gasteiger partial charge in [0.05, 0.1) is 11.7 Å². The van der Waals surface area contributed by atoms with E-state index in [1.807, 2.05) is 0 Å². The van der Waals surface area contributed by atoms with E-state index in [4.69, 9.17) is 4.74 Å². The molecule has 0 heterocycles. The molecule has 98 valence electrons. The number of rotatable bonds is 5. The van der Waals surface area contributed by atoms with Gasteiger partial charge in [0.25, 0.3) is 0 Å². The van der Waals surface area contributed by atoms with Crippen LogP contribution in [0.1, 0.15) is 70.6 Å². The quantitative estimate of drug-likeness (QED) is 0.791. The number of hydrogen-bond acceptors (Lipinski definition) is 2. The minimum Gasteiger partial charge on any atom is -0.370 e. The van der Waals surface area contributed by atoms with E-state index < -0.39 is 0 Å². The van der Waals surface area contributed by atoms with Crippen LogP contribution in [0.5, 0.6) is 0 Å². The minimum atomic E-state index is 0.204. The zero-order valence-corrected chi connectivity index (χ0v) is 11.0. The number of ether oxygens (including phenoxy) is 1. The summed E-state index contributed by atoms with van der Waals surface area (Å²) < 4.78 is 6.56. The summed E-state index contributed by atoms with van der Waals surface area (Å²) in [5, 5.41) is 3.72. The lowest BCUT2D eigenvalue weighted by Gasteiger charge is -2.40. The Labute approximate surface area is 105 Å². The molecule has 0 spiro atoms. The van der Waals surface area contributed by atoms with Gasteiger partial charge in [0, 0.05) is 12.6 Å². The molecule has 17 heavy (non-hydrogen) atoms. The molecule has 0 atom stereocenters. The SMILES string of the molecule is C1CCC(CNC2CC2)(OC2CCCC2)CC1. The summed E-state index contributed by atoms with van der Waals surface area (Å²) >= 11 is 0. The van der Waals surface area contributed by atoms with Crippen LogP contribution in [0.15, 0.2) is 0 Å². The van der Waals surface area contributed by atoms with Gasteiger partial charge in [0.15, 0.2) is 0 Å². The fourth-order valence-electron chi connectivity index (χ4n) is 3.51. The highest BCUT2D eigenvalue weighted by molar-refractivity contribution is 4.92. The lowest BCUT2D eigenvalue weighted by atomic mass is 9.84. The van der Waals surface area contributed by atoms with E-state index in [9.17, 15) is 0 Å². The Morgan fingerprint density at radius 2 is 1.59 bits per heavy atom. The highest BCUT2D eigenvalue weighted by Crippen LogP contribution is 2.36. The molecule has 0 aromatic carbocycles. The molecule has 2 nitrogen and oxygen atoms in total. The van der Waals surface area contributed by atoms with Crippen LogP contribution in [0.2, 0.25) is 0 Å². The van der Waals surface area contributed by atoms with Crippen LogP contribution in [0, 0.1) is 0 Å². The average molecular weight is 237 g/mol. The molecular formula is C15H27NO. The molecule has 0 saturated heterocycles. The fraction of sp³-hybridized carbons (Fsp3) is 1.00. The van der Waals surface area contributed by atoms with Gasteiger partial charge in [-0.1, -0.05) is 32.1 Å². The normalized spacial score (nSPS) is 29.6. The maximum absolute atomic E-state index is 6.56. The molecule has 0 radical (unpaired) electrons. The molecule has 3 fully saturated rings. The van der Waals surface area contributed by atoms with Gasteiger partial charge in [0.2, 0.25) is 0 Å². The van der Waals surface area contributed by atoms with E-state index in [0.29, 0.717) is 6.10 Å². The Kier molecular flexibility index (Phi) is 3.72. The fourth-order valence-corrected chi connectivity index (χ4v) is 3.51. The van der Waals surface area contributed by atoms with Crippen molar-refractivity contribution in [1.29, 1.82) is 0 Å². The van der Waals surface area contributed by atoms with Crippen LogP contribution in [-0.4, -0.2) is 24.3 Å². The van der Waals surface area contributed by atoms with Gasteiger partial charge >= 0.3 is 0 Å². The van der Waals surface area contributed by atoms with Crippen LogP contribution in [0.25, 0.3) is 0 Å². The zero-order chi connectivity index (χ0) is 11.6. The molecule has 0 unspecified atom stereocenters. The molecule has 3 aliphatic rings. The zero-order valence-electron chi connectivity index (χ0n) is 11.0. The molecule has 3 saturated carbocycles. The number of hydrogen-bond donors (Lipinski definition) is 1. The van der Waals surface area contributed by atoms with Crippen molar-refractivity contribution >= 4 is 0 Å². The molecular weight excluding hydrogens is 210 g/mol. The second-order valence-corrected chi connectivity index (χ2v) is 6.42. The summed E-state index contributed by atoms with van der Waals surface area (Å²) in [4.78, 5) is 0. The third-order valence-corrected chi connectivity index (χ3v) is 4.77. The maximum Gasteiger partial charge on any atom is 0.0810 e. The van der Waals surface area contributed by atoms with Gasteiger partial charge in [-0.05, 0) is 38.5 Å². The molecule has 0 bridgehead atoms. The van der Waals surface area contributed by atoms with Crippen molar-refractivity contribution in [3.8, 4) is 0 Å². The summed E-state index contributed by atoms with van der Waals surface area (Å²) in [5.74, 6) is 0. The van der Waals surface area contributed by atoms with E-state index >= 15 is 0 Å². The van der Waals surface area contributed by atoms with Crippen molar-refractivity contribution in [2.24, 2.45) is 0 Å². The topological polar surface area (TPSA) is 21.3 Å². The van der Waals surface area contributed by atoms with Crippen molar-refractivity contribution in [3.05, 3.63) is 0 Å². The molecule has 3 rings (SSSR count). The van der Waals surface area contributed by atoms with Gasteiger partial charge < -0.3 is 10.1 Å². The van der Waals surface area contributed by atoms with E-state index in [0.717, 1.165) is 12.6 Å². The van der Waals surface area contributed by atoms with Gasteiger partial charge in [-0.3, -0.25) is 0 Å². The highest BCUT2D eigenvalue weighted by Gasteiger charge is 2.37. The van der Waals surface area contributed by atoms with Crippen LogP contribution in [0.3, 0.4) is 0 Å². The summed E-state index contributed by atoms with van der Waals surface area (Å²) in [5.41, 5.74) is 0.204. The number of nitrogens with one attached hydrogen (secondary N) is 1. The summed E-state index contributed by atoms with van der Waals surface area (Å²) in [6.45, 7) is 1.12. The maximum atomic E-state index is 6.56. The molecule has 1 N–H and O–H groups in total. The van der Waals surface area contributed by atoms with Crippen molar-refractivity contribution < 1.29 is 4.74 Å². The Balaban J connectivity index is 1.56. The van der Waals surface area contributed by atoms with Crippen LogP contribution < -0.4 is 5.32 Å². The third kappa shape index (κ3) is 3.23. The Morgan fingerprint density at radius 1 is 0.882 bits per heavy atom. The van der Waals surface area contributed by atoms with Crippen LogP contribution in [-0.2, 0) is 4.74 Å². The smallest absolute Gasteiger partial charge is 0.0810 e. The summed E-state index contributed by atoms with van der Waals surface area (Å²) in [6.07, 6.45) is 15.5. The van der Waals surface area contributed by atoms with Gasteiger partial charge in [-0.25, -0.2) is 0 Å². The van der Waals surface area contributed by atoms with Crippen molar-refractivity contribution in [3.63, 3.8) is 0 Å². The van der Waals surface area contributed by atoms with Crippen molar-refractivity contribution in [2.75, 3.05) is 6.54 Å². The Hall–Kier alpha value is -0.0800. The molecule has 0 amide bonds. The van der Waals surface area contributed by atoms with Gasteiger partial charge in [0.1, 0.15) is 0 Å². The first-order valence-electron chi connectivity index (χ1n) is 7.78. The Bertz CT molecular complexity index is 237. The standard InChI is InChI=1S/C15H27NO/c1-4-10-15(11-5-1,12-16-13-8-9-13)17-14-6-2-3-7-14/h13-14,16H,1-12H2. The first kappa shape index (κ1) is 12.0. The van der Waals surface area contributed by atoms with Crippen molar-refractivity contribution in [2.45, 2.75) is 88.4 Å². The third-order valence-electron chi connectivity index (χ3n) is 4.77. The predicted molar refractivity (Wildman–Crippen MR) is 70.2 cm³/mol. The lowest BCUT2D eigenvalue weighted by Crippen LogP contribution is -2.47. The van der Waals surface area contributed by atoms with Crippen LogP contribution in [0.4, 0.5) is 0 Å². The minimum absolute atomic E-state index is 0.204. The molecule has 0 aromatic rings. The lowest BCUT2D eigenvalue weighted by molar-refractivity contribution is -0.109. The van der Waals surface area contributed by atoms with Gasteiger partial charge in [-0.2, -0.15) is 0 Å². The first-order valence-corrected chi connectivity index (χ1v) is 7.78. The van der Waals surface area contributed by atoms with E-state index in [1.165, 1.54) is 70.6 Å². The summed E-state index contributed by atoms with van der Waals surface area (Å²) in [6, 6.07) is 0.820. The molecule has 2 heteroatoms. The molecule has 0 aromatic heterocycles. The second-order valence-electron chi connectivity index (χ2n) is 6.42. The van der Waals surface area contributed by atoms with E-state index in [2.05, 4.69) is 5.32 Å². The van der Waals surface area contributed by atoms with Gasteiger partial charge in [-0.15, -0.1) is 0 Å². The predicted octanol–water partition coefficient (Wildman–Crippen LogP) is 3.40. The highest BCUT2D eigenvalue weighted by atomic mass is 16.5. The van der Waals surface area contributed by atoms with Crippen molar-refractivity contribution in [1.82, 2.24) is 5.32 Å². The molecule has 3 aliphatic carbocycles. The summed E-state index contributed by atoms with van der Waals surface area (Å²) in [7, 11) is 0. The monoisotopic (exact) mass is 237 g/mol. The van der Waals surface area contributed by atoms with Crippen LogP contribution >= 0.6 is 0 Å². The van der Waals surface area contributed by atoms with E-state index in [1.54, 1.807) is 0 Å².